The number of fused-ring (bicyclic) bond motifs is 1. The van der Waals surface area contributed by atoms with Crippen LogP contribution >= 0.6 is 0 Å². The molecular weight excluding hydrogens is 333 g/mol. The monoisotopic (exact) mass is 347 g/mol. The van der Waals surface area contributed by atoms with Gasteiger partial charge < -0.3 is 10.3 Å². The molecule has 26 heavy (non-hydrogen) atoms. The van der Waals surface area contributed by atoms with Gasteiger partial charge in [-0.3, -0.25) is 9.78 Å². The molecule has 1 amide bonds. The molecule has 4 aromatic rings. The van der Waals surface area contributed by atoms with Crippen LogP contribution in [0.25, 0.3) is 33.4 Å². The Hall–Kier alpha value is -3.54. The normalized spacial score (nSPS) is 11.0. The summed E-state index contributed by atoms with van der Waals surface area (Å²) in [5.74, 6) is -1.16. The molecular formula is C20H14FN3O2. The number of aryl methyl sites for hydroxylation is 1. The van der Waals surface area contributed by atoms with Gasteiger partial charge in [0.25, 0.3) is 0 Å². The summed E-state index contributed by atoms with van der Waals surface area (Å²) < 4.78 is 20.1. The Labute approximate surface area is 148 Å². The first kappa shape index (κ1) is 16.0. The lowest BCUT2D eigenvalue weighted by atomic mass is 9.95. The lowest BCUT2D eigenvalue weighted by molar-refractivity contribution is 0.100. The van der Waals surface area contributed by atoms with Gasteiger partial charge in [-0.25, -0.2) is 4.39 Å². The van der Waals surface area contributed by atoms with Crippen LogP contribution in [-0.2, 0) is 0 Å². The number of primary amides is 1. The first-order chi connectivity index (χ1) is 12.6. The van der Waals surface area contributed by atoms with Gasteiger partial charge in [-0.05, 0) is 48.4 Å². The van der Waals surface area contributed by atoms with E-state index in [1.165, 1.54) is 12.1 Å². The molecule has 4 rings (SSSR count). The number of rotatable bonds is 3. The molecule has 2 N–H and O–H groups in total. The maximum Gasteiger partial charge on any atom is 0.249 e. The highest BCUT2D eigenvalue weighted by Gasteiger charge is 2.19. The number of pyridine rings is 1. The number of benzene rings is 2. The summed E-state index contributed by atoms with van der Waals surface area (Å²) in [6.45, 7) is 1.64. The van der Waals surface area contributed by atoms with Crippen molar-refractivity contribution >= 4 is 16.9 Å². The molecule has 2 heterocycles. The van der Waals surface area contributed by atoms with E-state index >= 15 is 0 Å². The van der Waals surface area contributed by atoms with Crippen molar-refractivity contribution in [3.05, 3.63) is 71.8 Å². The van der Waals surface area contributed by atoms with Crippen LogP contribution in [0.3, 0.4) is 0 Å². The third kappa shape index (κ3) is 2.52. The lowest BCUT2D eigenvalue weighted by Crippen LogP contribution is -2.13. The van der Waals surface area contributed by atoms with Crippen LogP contribution in [0.2, 0.25) is 0 Å². The van der Waals surface area contributed by atoms with Gasteiger partial charge in [-0.1, -0.05) is 17.3 Å². The van der Waals surface area contributed by atoms with Crippen molar-refractivity contribution < 1.29 is 13.7 Å². The number of nitrogens with two attached hydrogens (primary N) is 1. The summed E-state index contributed by atoms with van der Waals surface area (Å²) in [6.07, 6.45) is 3.34. The van der Waals surface area contributed by atoms with Crippen molar-refractivity contribution in [2.75, 3.05) is 0 Å². The molecule has 0 unspecified atom stereocenters. The molecule has 0 saturated heterocycles. The minimum absolute atomic E-state index is 0.126. The van der Waals surface area contributed by atoms with E-state index in [0.29, 0.717) is 22.4 Å². The van der Waals surface area contributed by atoms with Crippen LogP contribution in [-0.4, -0.2) is 16.0 Å². The predicted octanol–water partition coefficient (Wildman–Crippen LogP) is 4.10. The van der Waals surface area contributed by atoms with Gasteiger partial charge in [-0.2, -0.15) is 0 Å². The number of amides is 1. The van der Waals surface area contributed by atoms with E-state index in [2.05, 4.69) is 10.1 Å². The minimum atomic E-state index is -0.686. The third-order valence-electron chi connectivity index (χ3n) is 4.31. The fraction of sp³-hybridized carbons (Fsp3) is 0.0500. The van der Waals surface area contributed by atoms with Gasteiger partial charge in [0.15, 0.2) is 5.58 Å². The fourth-order valence-electron chi connectivity index (χ4n) is 2.98. The number of aromatic nitrogens is 2. The second-order valence-electron chi connectivity index (χ2n) is 5.96. The highest BCUT2D eigenvalue weighted by molar-refractivity contribution is 6.01. The molecule has 0 saturated carbocycles. The SMILES string of the molecule is Cc1ccc(C(N)=O)c(-c2ccc3c(-c4ccncc4)noc3c2)c1F. The van der Waals surface area contributed by atoms with E-state index in [9.17, 15) is 9.18 Å². The quantitative estimate of drug-likeness (QED) is 0.605. The van der Waals surface area contributed by atoms with Crippen molar-refractivity contribution in [3.63, 3.8) is 0 Å². The maximum absolute atomic E-state index is 14.7. The standard InChI is InChI=1S/C20H14FN3O2/c1-11-2-4-15(20(22)25)17(18(11)21)13-3-5-14-16(10-13)26-24-19(14)12-6-8-23-9-7-12/h2-10H,1H3,(H2,22,25). The molecule has 2 aromatic carbocycles. The Morgan fingerprint density at radius 2 is 1.85 bits per heavy atom. The molecule has 6 heteroatoms. The minimum Gasteiger partial charge on any atom is -0.366 e. The zero-order valence-electron chi connectivity index (χ0n) is 13.9. The number of nitrogens with zero attached hydrogens (tertiary/aromatic N) is 2. The van der Waals surface area contributed by atoms with E-state index in [1.807, 2.05) is 12.1 Å². The van der Waals surface area contributed by atoms with Crippen molar-refractivity contribution in [1.29, 1.82) is 0 Å². The molecule has 0 aliphatic carbocycles. The van der Waals surface area contributed by atoms with Gasteiger partial charge in [0, 0.05) is 34.5 Å². The molecule has 128 valence electrons. The van der Waals surface area contributed by atoms with E-state index in [4.69, 9.17) is 10.3 Å². The predicted molar refractivity (Wildman–Crippen MR) is 95.9 cm³/mol. The second-order valence-corrected chi connectivity index (χ2v) is 5.96. The van der Waals surface area contributed by atoms with Crippen molar-refractivity contribution in [2.24, 2.45) is 5.73 Å². The second kappa shape index (κ2) is 6.07. The summed E-state index contributed by atoms with van der Waals surface area (Å²) in [7, 11) is 0. The number of carbonyl (C=O) groups is 1. The first-order valence-corrected chi connectivity index (χ1v) is 7.95. The van der Waals surface area contributed by atoms with Crippen molar-refractivity contribution in [2.45, 2.75) is 6.92 Å². The van der Waals surface area contributed by atoms with Gasteiger partial charge in [0.1, 0.15) is 11.5 Å². The molecule has 0 fully saturated rings. The van der Waals surface area contributed by atoms with Gasteiger partial charge in [0.05, 0.1) is 0 Å². The average Bonchev–Trinajstić information content (AvgIpc) is 3.07. The third-order valence-corrected chi connectivity index (χ3v) is 4.31. The molecule has 0 radical (unpaired) electrons. The fourth-order valence-corrected chi connectivity index (χ4v) is 2.98. The molecule has 0 spiro atoms. The van der Waals surface area contributed by atoms with E-state index in [1.54, 1.807) is 37.5 Å². The largest absolute Gasteiger partial charge is 0.366 e. The Kier molecular flexibility index (Phi) is 3.73. The summed E-state index contributed by atoms with van der Waals surface area (Å²) in [6, 6.07) is 11.9. The Morgan fingerprint density at radius 3 is 2.58 bits per heavy atom. The van der Waals surface area contributed by atoms with Crippen LogP contribution in [0, 0.1) is 12.7 Å². The molecule has 0 aliphatic rings. The Morgan fingerprint density at radius 1 is 1.08 bits per heavy atom. The smallest absolute Gasteiger partial charge is 0.249 e. The van der Waals surface area contributed by atoms with Crippen LogP contribution in [0.15, 0.2) is 59.4 Å². The molecule has 5 nitrogen and oxygen atoms in total. The Bertz CT molecular complexity index is 1140. The number of halogens is 1. The van der Waals surface area contributed by atoms with Crippen LogP contribution in [0.5, 0.6) is 0 Å². The van der Waals surface area contributed by atoms with Gasteiger partial charge in [-0.15, -0.1) is 0 Å². The maximum atomic E-state index is 14.7. The number of hydrogen-bond donors (Lipinski definition) is 1. The summed E-state index contributed by atoms with van der Waals surface area (Å²) in [5, 5.41) is 4.90. The van der Waals surface area contributed by atoms with Crippen LogP contribution in [0.4, 0.5) is 4.39 Å². The number of hydrogen-bond acceptors (Lipinski definition) is 4. The topological polar surface area (TPSA) is 82.0 Å². The van der Waals surface area contributed by atoms with E-state index in [-0.39, 0.29) is 11.1 Å². The van der Waals surface area contributed by atoms with Crippen molar-refractivity contribution in [1.82, 2.24) is 10.1 Å². The first-order valence-electron chi connectivity index (χ1n) is 7.95. The average molecular weight is 347 g/mol. The zero-order valence-corrected chi connectivity index (χ0v) is 13.9. The van der Waals surface area contributed by atoms with Crippen LogP contribution < -0.4 is 5.73 Å². The molecule has 0 aliphatic heterocycles. The summed E-state index contributed by atoms with van der Waals surface area (Å²) in [4.78, 5) is 15.7. The highest BCUT2D eigenvalue weighted by Crippen LogP contribution is 2.34. The highest BCUT2D eigenvalue weighted by atomic mass is 19.1. The molecule has 0 bridgehead atoms. The van der Waals surface area contributed by atoms with E-state index < -0.39 is 11.7 Å². The molecule has 2 aromatic heterocycles. The van der Waals surface area contributed by atoms with Gasteiger partial charge in [0.2, 0.25) is 5.91 Å². The van der Waals surface area contributed by atoms with Gasteiger partial charge >= 0.3 is 0 Å². The molecule has 0 atom stereocenters. The summed E-state index contributed by atoms with van der Waals surface area (Å²) in [5.41, 5.74) is 8.68. The summed E-state index contributed by atoms with van der Waals surface area (Å²) >= 11 is 0. The van der Waals surface area contributed by atoms with Crippen LogP contribution in [0.1, 0.15) is 15.9 Å². The van der Waals surface area contributed by atoms with E-state index in [0.717, 1.165) is 10.9 Å². The zero-order chi connectivity index (χ0) is 18.3. The Balaban J connectivity index is 1.91. The number of carbonyl (C=O) groups excluding carboxylic acids is 1. The lowest BCUT2D eigenvalue weighted by Gasteiger charge is -2.10. The van der Waals surface area contributed by atoms with Crippen molar-refractivity contribution in [3.8, 4) is 22.4 Å².